The van der Waals surface area contributed by atoms with Crippen molar-refractivity contribution in [2.75, 3.05) is 7.11 Å². The highest BCUT2D eigenvalue weighted by molar-refractivity contribution is 9.11. The van der Waals surface area contributed by atoms with E-state index in [1.165, 1.54) is 5.56 Å². The summed E-state index contributed by atoms with van der Waals surface area (Å²) in [5, 5.41) is 0. The Labute approximate surface area is 85.6 Å². The summed E-state index contributed by atoms with van der Waals surface area (Å²) in [7, 11) is 1.61. The molecule has 4 heteroatoms. The molecule has 2 nitrogen and oxygen atoms in total. The first-order valence-corrected chi connectivity index (χ1v) is 4.32. The molecule has 0 aliphatic rings. The highest BCUT2D eigenvalue weighted by Gasteiger charge is 1.88. The lowest BCUT2D eigenvalue weighted by atomic mass is 10.3. The number of nitrogens with zero attached hydrogens (tertiary/aromatic N) is 1. The van der Waals surface area contributed by atoms with Crippen molar-refractivity contribution < 1.29 is 9.13 Å². The molecule has 0 amide bonds. The zero-order valence-electron chi connectivity index (χ0n) is 7.55. The van der Waals surface area contributed by atoms with Gasteiger partial charge < -0.3 is 4.74 Å². The van der Waals surface area contributed by atoms with Gasteiger partial charge >= 0.3 is 0 Å². The molecule has 0 aromatic carbocycles. The van der Waals surface area contributed by atoms with Gasteiger partial charge in [-0.2, -0.15) is 4.39 Å². The van der Waals surface area contributed by atoms with E-state index in [1.54, 1.807) is 13.3 Å². The summed E-state index contributed by atoms with van der Waals surface area (Å²) in [5.41, 5.74) is 1.17. The molecule has 13 heavy (non-hydrogen) atoms. The van der Waals surface area contributed by atoms with Gasteiger partial charge in [0.1, 0.15) is 0 Å². The molecule has 0 unspecified atom stereocenters. The second-order valence-electron chi connectivity index (χ2n) is 2.21. The molecule has 1 aromatic rings. The number of halogens is 2. The van der Waals surface area contributed by atoms with Crippen LogP contribution in [-0.2, 0) is 0 Å². The Bertz CT molecular complexity index is 274. The van der Waals surface area contributed by atoms with E-state index in [0.29, 0.717) is 5.88 Å². The van der Waals surface area contributed by atoms with Crippen LogP contribution in [0.4, 0.5) is 4.39 Å². The molecular formula is C9H11BrFNO. The molecule has 0 spiro atoms. The van der Waals surface area contributed by atoms with E-state index < -0.39 is 4.74 Å². The molecule has 0 fully saturated rings. The Morgan fingerprint density at radius 1 is 1.69 bits per heavy atom. The van der Waals surface area contributed by atoms with Crippen LogP contribution in [0.2, 0.25) is 0 Å². The third-order valence-electron chi connectivity index (χ3n) is 1.10. The minimum Gasteiger partial charge on any atom is -0.481 e. The topological polar surface area (TPSA) is 22.1 Å². The summed E-state index contributed by atoms with van der Waals surface area (Å²) in [4.78, 5) is 3.94. The Hall–Kier alpha value is -0.900. The van der Waals surface area contributed by atoms with Gasteiger partial charge in [0.05, 0.1) is 7.11 Å². The normalized spacial score (nSPS) is 8.31. The maximum Gasteiger partial charge on any atom is 0.213 e. The predicted molar refractivity (Wildman–Crippen MR) is 54.7 cm³/mol. The van der Waals surface area contributed by atoms with Crippen LogP contribution in [0.15, 0.2) is 29.6 Å². The van der Waals surface area contributed by atoms with E-state index in [2.05, 4.69) is 27.5 Å². The molecule has 0 aliphatic carbocycles. The predicted octanol–water partition coefficient (Wildman–Crippen LogP) is 3.22. The average Bonchev–Trinajstić information content (AvgIpc) is 2.03. The second kappa shape index (κ2) is 6.60. The molecular weight excluding hydrogens is 237 g/mol. The van der Waals surface area contributed by atoms with Crippen molar-refractivity contribution in [3.8, 4) is 5.88 Å². The van der Waals surface area contributed by atoms with Gasteiger partial charge in [-0.3, -0.25) is 0 Å². The fourth-order valence-electron chi connectivity index (χ4n) is 0.620. The van der Waals surface area contributed by atoms with Crippen molar-refractivity contribution in [1.82, 2.24) is 4.98 Å². The highest BCUT2D eigenvalue weighted by atomic mass is 79.9. The highest BCUT2D eigenvalue weighted by Crippen LogP contribution is 2.05. The number of ether oxygens (including phenoxy) is 1. The third kappa shape index (κ3) is 7.46. The summed E-state index contributed by atoms with van der Waals surface area (Å²) in [6.07, 6.45) is 1.73. The number of hydrogen-bond donors (Lipinski definition) is 0. The van der Waals surface area contributed by atoms with E-state index in [4.69, 9.17) is 4.74 Å². The first kappa shape index (κ1) is 12.1. The van der Waals surface area contributed by atoms with Crippen molar-refractivity contribution in [2.24, 2.45) is 0 Å². The summed E-state index contributed by atoms with van der Waals surface area (Å²) in [6, 6.07) is 3.82. The average molecular weight is 248 g/mol. The van der Waals surface area contributed by atoms with Gasteiger partial charge in [0, 0.05) is 12.3 Å². The van der Waals surface area contributed by atoms with E-state index in [-0.39, 0.29) is 0 Å². The number of aromatic nitrogens is 1. The zero-order chi connectivity index (χ0) is 10.3. The number of pyridine rings is 1. The molecule has 0 bridgehead atoms. The summed E-state index contributed by atoms with van der Waals surface area (Å²) >= 11 is 2.41. The maximum atomic E-state index is 10.7. The number of rotatable bonds is 1. The minimum atomic E-state index is -0.521. The fourth-order valence-corrected chi connectivity index (χ4v) is 0.620. The number of hydrogen-bond acceptors (Lipinski definition) is 2. The zero-order valence-corrected chi connectivity index (χ0v) is 9.14. The van der Waals surface area contributed by atoms with Crippen LogP contribution in [0.5, 0.6) is 5.88 Å². The molecule has 0 saturated carbocycles. The third-order valence-corrected chi connectivity index (χ3v) is 1.10. The molecule has 72 valence electrons. The van der Waals surface area contributed by atoms with Crippen LogP contribution in [0.1, 0.15) is 5.56 Å². The first-order chi connectivity index (χ1) is 6.06. The molecule has 0 radical (unpaired) electrons. The van der Waals surface area contributed by atoms with Crippen LogP contribution in [0, 0.1) is 6.92 Å². The van der Waals surface area contributed by atoms with Crippen molar-refractivity contribution >= 4 is 15.9 Å². The molecule has 1 aromatic heterocycles. The van der Waals surface area contributed by atoms with Gasteiger partial charge in [0.15, 0.2) is 4.74 Å². The van der Waals surface area contributed by atoms with Gasteiger partial charge in [-0.25, -0.2) is 4.98 Å². The SMILES string of the molecule is C=C(F)Br.COc1cc(C)ccn1. The van der Waals surface area contributed by atoms with Crippen LogP contribution in [0.3, 0.4) is 0 Å². The van der Waals surface area contributed by atoms with E-state index in [0.717, 1.165) is 0 Å². The first-order valence-electron chi connectivity index (χ1n) is 3.53. The van der Waals surface area contributed by atoms with Gasteiger partial charge in [-0.1, -0.05) is 6.58 Å². The molecule has 0 saturated heterocycles. The van der Waals surface area contributed by atoms with Crippen molar-refractivity contribution in [2.45, 2.75) is 6.92 Å². The van der Waals surface area contributed by atoms with Gasteiger partial charge in [-0.15, -0.1) is 0 Å². The summed E-state index contributed by atoms with van der Waals surface area (Å²) in [5.74, 6) is 0.676. The Balaban J connectivity index is 0.000000310. The van der Waals surface area contributed by atoms with Gasteiger partial charge in [0.25, 0.3) is 0 Å². The number of aryl methyl sites for hydroxylation is 1. The van der Waals surface area contributed by atoms with Crippen molar-refractivity contribution in [3.63, 3.8) is 0 Å². The monoisotopic (exact) mass is 247 g/mol. The molecule has 0 aliphatic heterocycles. The Morgan fingerprint density at radius 3 is 2.54 bits per heavy atom. The van der Waals surface area contributed by atoms with Crippen LogP contribution >= 0.6 is 15.9 Å². The van der Waals surface area contributed by atoms with Gasteiger partial charge in [-0.05, 0) is 34.5 Å². The molecule has 1 rings (SSSR count). The summed E-state index contributed by atoms with van der Waals surface area (Å²) < 4.78 is 15.1. The van der Waals surface area contributed by atoms with E-state index in [9.17, 15) is 4.39 Å². The van der Waals surface area contributed by atoms with Crippen LogP contribution in [0.25, 0.3) is 0 Å². The largest absolute Gasteiger partial charge is 0.481 e. The maximum absolute atomic E-state index is 10.7. The molecule has 1 heterocycles. The minimum absolute atomic E-state index is 0.521. The van der Waals surface area contributed by atoms with Gasteiger partial charge in [0.2, 0.25) is 5.88 Å². The quantitative estimate of drug-likeness (QED) is 0.761. The van der Waals surface area contributed by atoms with Crippen molar-refractivity contribution in [1.29, 1.82) is 0 Å². The lowest BCUT2D eigenvalue weighted by Gasteiger charge is -1.96. The van der Waals surface area contributed by atoms with Crippen molar-refractivity contribution in [3.05, 3.63) is 35.2 Å². The number of methoxy groups -OCH3 is 1. The van der Waals surface area contributed by atoms with Crippen LogP contribution < -0.4 is 4.74 Å². The van der Waals surface area contributed by atoms with E-state index in [1.807, 2.05) is 19.1 Å². The lowest BCUT2D eigenvalue weighted by molar-refractivity contribution is 0.397. The Kier molecular flexibility index (Phi) is 6.14. The Morgan fingerprint density at radius 2 is 2.23 bits per heavy atom. The van der Waals surface area contributed by atoms with E-state index >= 15 is 0 Å². The second-order valence-corrected chi connectivity index (χ2v) is 3.07. The molecule has 0 atom stereocenters. The smallest absolute Gasteiger partial charge is 0.213 e. The lowest BCUT2D eigenvalue weighted by Crippen LogP contribution is -1.85. The fraction of sp³-hybridized carbons (Fsp3) is 0.222. The van der Waals surface area contributed by atoms with Crippen LogP contribution in [-0.4, -0.2) is 12.1 Å². The molecule has 0 N–H and O–H groups in total. The summed E-state index contributed by atoms with van der Waals surface area (Å²) in [6.45, 7) is 4.81. The standard InChI is InChI=1S/C7H9NO.C2H2BrF/c1-6-3-4-8-7(5-6)9-2;1-2(3)4/h3-5H,1-2H3;1H2.